The molecule has 0 aliphatic carbocycles. The molecular formula is C3H3O2S+. The summed E-state index contributed by atoms with van der Waals surface area (Å²) in [7, 11) is 0. The minimum atomic E-state index is 0.218. The second kappa shape index (κ2) is 1.26. The largest absolute Gasteiger partial charge is 0.493 e. The van der Waals surface area contributed by atoms with Gasteiger partial charge in [-0.15, -0.1) is 0 Å². The van der Waals surface area contributed by atoms with Crippen molar-refractivity contribution in [1.82, 2.24) is 0 Å². The molecule has 0 saturated heterocycles. The Morgan fingerprint density at radius 1 is 1.83 bits per heavy atom. The summed E-state index contributed by atoms with van der Waals surface area (Å²) in [5, 5.41) is 8.61. The smallest absolute Gasteiger partial charge is 0.377 e. The molecule has 3 heteroatoms. The van der Waals surface area contributed by atoms with Gasteiger partial charge in [0.1, 0.15) is 0 Å². The summed E-state index contributed by atoms with van der Waals surface area (Å²) < 4.78 is 4.48. The molecule has 0 unspecified atom stereocenters. The van der Waals surface area contributed by atoms with Crippen molar-refractivity contribution >= 4 is 11.3 Å². The monoisotopic (exact) mass is 103 g/mol. The third-order valence-corrected chi connectivity index (χ3v) is 0.938. The molecule has 2 nitrogen and oxygen atoms in total. The summed E-state index contributed by atoms with van der Waals surface area (Å²) >= 11 is 1.17. The molecule has 0 fully saturated rings. The average Bonchev–Trinajstić information content (AvgIpc) is 1.86. The van der Waals surface area contributed by atoms with Crippen molar-refractivity contribution in [2.75, 3.05) is 0 Å². The molecule has 0 aliphatic rings. The van der Waals surface area contributed by atoms with Crippen LogP contribution in [0.5, 0.6) is 5.06 Å². The Kier molecular flexibility index (Phi) is 0.759. The predicted octanol–water partition coefficient (Wildman–Crippen LogP) is 1.33. The fourth-order valence-electron chi connectivity index (χ4n) is 0.191. The van der Waals surface area contributed by atoms with Crippen molar-refractivity contribution in [1.29, 1.82) is 0 Å². The lowest BCUT2D eigenvalue weighted by Gasteiger charge is -1.56. The van der Waals surface area contributed by atoms with Crippen LogP contribution in [-0.4, -0.2) is 5.11 Å². The molecule has 0 amide bonds. The van der Waals surface area contributed by atoms with Crippen LogP contribution in [0.25, 0.3) is 0 Å². The number of aromatic hydroxyl groups is 1. The lowest BCUT2D eigenvalue weighted by atomic mass is 11.0. The molecule has 6 heavy (non-hydrogen) atoms. The van der Waals surface area contributed by atoms with Crippen LogP contribution in [0, 0.1) is 0 Å². The molecule has 1 rings (SSSR count). The molecule has 0 bridgehead atoms. The van der Waals surface area contributed by atoms with Gasteiger partial charge in [0.25, 0.3) is 5.06 Å². The molecule has 0 aliphatic heterocycles. The van der Waals surface area contributed by atoms with E-state index in [0.717, 1.165) is 0 Å². The van der Waals surface area contributed by atoms with Gasteiger partial charge in [-0.25, -0.2) is 4.42 Å². The van der Waals surface area contributed by atoms with Gasteiger partial charge in [0.2, 0.25) is 0 Å². The van der Waals surface area contributed by atoms with Gasteiger partial charge in [-0.05, 0) is 0 Å². The molecule has 32 valence electrons. The Balaban J connectivity index is 3.05. The SMILES string of the molecule is Oc1c[o+]cs1. The standard InChI is InChI=1S/C3H2O2S/c4-3-1-5-2-6-3/h1-2H/p+1. The van der Waals surface area contributed by atoms with Gasteiger partial charge in [0.05, 0.1) is 0 Å². The minimum absolute atomic E-state index is 0.218. The highest BCUT2D eigenvalue weighted by molar-refractivity contribution is 7.11. The van der Waals surface area contributed by atoms with Gasteiger partial charge in [-0.1, -0.05) is 0 Å². The summed E-state index contributed by atoms with van der Waals surface area (Å²) in [6, 6.07) is 0. The molecule has 0 aromatic carbocycles. The van der Waals surface area contributed by atoms with Crippen molar-refractivity contribution < 1.29 is 9.52 Å². The van der Waals surface area contributed by atoms with Gasteiger partial charge >= 0.3 is 11.8 Å². The van der Waals surface area contributed by atoms with E-state index < -0.39 is 0 Å². The van der Waals surface area contributed by atoms with E-state index in [9.17, 15) is 0 Å². The first-order chi connectivity index (χ1) is 2.89. The summed E-state index contributed by atoms with van der Waals surface area (Å²) in [5.74, 6) is 0. The van der Waals surface area contributed by atoms with Crippen molar-refractivity contribution in [3.63, 3.8) is 0 Å². The zero-order chi connectivity index (χ0) is 4.41. The molecular weight excluding hydrogens is 100 g/mol. The Morgan fingerprint density at radius 2 is 2.67 bits per heavy atom. The van der Waals surface area contributed by atoms with Crippen molar-refractivity contribution in [3.8, 4) is 5.06 Å². The van der Waals surface area contributed by atoms with E-state index in [1.165, 1.54) is 23.2 Å². The summed E-state index contributed by atoms with van der Waals surface area (Å²) in [6.45, 7) is 0. The fraction of sp³-hybridized carbons (Fsp3) is 0. The van der Waals surface area contributed by atoms with Crippen LogP contribution in [0.3, 0.4) is 0 Å². The van der Waals surface area contributed by atoms with E-state index in [1.807, 2.05) is 0 Å². The van der Waals surface area contributed by atoms with Crippen LogP contribution in [0.4, 0.5) is 0 Å². The minimum Gasteiger partial charge on any atom is -0.493 e. The zero-order valence-electron chi connectivity index (χ0n) is 2.92. The lowest BCUT2D eigenvalue weighted by molar-refractivity contribution is 0.463. The quantitative estimate of drug-likeness (QED) is 0.502. The predicted molar refractivity (Wildman–Crippen MR) is 22.7 cm³/mol. The van der Waals surface area contributed by atoms with Crippen LogP contribution in [0.2, 0.25) is 0 Å². The van der Waals surface area contributed by atoms with Gasteiger partial charge in [0.15, 0.2) is 0 Å². The van der Waals surface area contributed by atoms with Crippen LogP contribution in [0.15, 0.2) is 16.3 Å². The van der Waals surface area contributed by atoms with Gasteiger partial charge in [-0.2, -0.15) is 0 Å². The first kappa shape index (κ1) is 3.61. The van der Waals surface area contributed by atoms with Crippen LogP contribution >= 0.6 is 11.3 Å². The van der Waals surface area contributed by atoms with E-state index in [-0.39, 0.29) is 5.06 Å². The van der Waals surface area contributed by atoms with Gasteiger partial charge in [-0.3, -0.25) is 0 Å². The van der Waals surface area contributed by atoms with E-state index in [0.29, 0.717) is 0 Å². The molecule has 0 spiro atoms. The molecule has 1 aromatic rings. The second-order valence-electron chi connectivity index (χ2n) is 0.806. The lowest BCUT2D eigenvalue weighted by Crippen LogP contribution is -1.35. The Morgan fingerprint density at radius 3 is 2.83 bits per heavy atom. The summed E-state index contributed by atoms with van der Waals surface area (Å²) in [5.41, 5.74) is 1.45. The number of rotatable bonds is 0. The van der Waals surface area contributed by atoms with Gasteiger partial charge < -0.3 is 5.11 Å². The van der Waals surface area contributed by atoms with Crippen LogP contribution in [0.1, 0.15) is 0 Å². The van der Waals surface area contributed by atoms with Crippen LogP contribution in [-0.2, 0) is 0 Å². The average molecular weight is 103 g/mol. The topological polar surface area (TPSA) is 31.5 Å². The van der Waals surface area contributed by atoms with Crippen molar-refractivity contribution in [3.05, 3.63) is 11.8 Å². The third-order valence-electron chi connectivity index (χ3n) is 0.393. The zero-order valence-corrected chi connectivity index (χ0v) is 3.73. The molecule has 1 aromatic heterocycles. The van der Waals surface area contributed by atoms with Crippen LogP contribution < -0.4 is 0 Å². The molecule has 0 radical (unpaired) electrons. The Labute approximate surface area is 38.7 Å². The maximum Gasteiger partial charge on any atom is 0.377 e. The highest BCUT2D eigenvalue weighted by atomic mass is 32.1. The third kappa shape index (κ3) is 0.490. The molecule has 1 heterocycles. The fourth-order valence-corrected chi connectivity index (χ4v) is 0.512. The Hall–Kier alpha value is -0.570. The summed E-state index contributed by atoms with van der Waals surface area (Å²) in [6.07, 6.45) is 1.28. The normalized spacial score (nSPS) is 8.67. The van der Waals surface area contributed by atoms with E-state index in [4.69, 9.17) is 5.11 Å². The van der Waals surface area contributed by atoms with Gasteiger partial charge in [0, 0.05) is 11.3 Å². The number of hydrogen-bond acceptors (Lipinski definition) is 2. The van der Waals surface area contributed by atoms with Crippen molar-refractivity contribution in [2.45, 2.75) is 0 Å². The highest BCUT2D eigenvalue weighted by Crippen LogP contribution is 2.14. The molecule has 1 N–H and O–H groups in total. The maximum atomic E-state index is 8.40. The first-order valence-corrected chi connectivity index (χ1v) is 2.30. The molecule has 0 saturated carbocycles. The maximum absolute atomic E-state index is 8.40. The second-order valence-corrected chi connectivity index (χ2v) is 1.65. The summed E-state index contributed by atoms with van der Waals surface area (Å²) in [4.78, 5) is 0. The number of hydrogen-bond donors (Lipinski definition) is 1. The first-order valence-electron chi connectivity index (χ1n) is 1.42. The van der Waals surface area contributed by atoms with E-state index in [1.54, 1.807) is 0 Å². The molecule has 0 atom stereocenters. The van der Waals surface area contributed by atoms with E-state index >= 15 is 0 Å². The highest BCUT2D eigenvalue weighted by Gasteiger charge is 1.94. The van der Waals surface area contributed by atoms with E-state index in [2.05, 4.69) is 4.42 Å². The van der Waals surface area contributed by atoms with Crippen molar-refractivity contribution in [2.24, 2.45) is 0 Å². The Bertz CT molecular complexity index is 112.